The number of nitrogens with zero attached hydrogens (tertiary/aromatic N) is 2. The first kappa shape index (κ1) is 34.4. The molecule has 1 heterocycles. The van der Waals surface area contributed by atoms with Crippen molar-refractivity contribution in [2.45, 2.75) is 117 Å². The summed E-state index contributed by atoms with van der Waals surface area (Å²) < 4.78 is 5.95. The minimum atomic E-state index is -0.136. The molecule has 3 amide bonds. The lowest BCUT2D eigenvalue weighted by atomic mass is 9.76. The molecule has 1 saturated heterocycles. The van der Waals surface area contributed by atoms with Gasteiger partial charge in [0.05, 0.1) is 0 Å². The normalized spacial score (nSPS) is 17.1. The molecule has 0 aromatic rings. The summed E-state index contributed by atoms with van der Waals surface area (Å²) in [5, 5.41) is 9.00. The SMILES string of the molecule is C=CC(CC)(CCCCCO)CCCCOCCCCC(C=C)(CC)CCCCN1C(=O)CN(CC)C1=O. The van der Waals surface area contributed by atoms with Crippen molar-refractivity contribution in [1.29, 1.82) is 0 Å². The van der Waals surface area contributed by atoms with Crippen molar-refractivity contribution in [3.63, 3.8) is 0 Å². The largest absolute Gasteiger partial charge is 0.396 e. The lowest BCUT2D eigenvalue weighted by Crippen LogP contribution is -2.33. The molecule has 6 nitrogen and oxygen atoms in total. The maximum atomic E-state index is 12.3. The number of hydrogen-bond acceptors (Lipinski definition) is 4. The Hall–Kier alpha value is -1.66. The van der Waals surface area contributed by atoms with E-state index >= 15 is 0 Å². The average Bonchev–Trinajstić information content (AvgIpc) is 3.22. The van der Waals surface area contributed by atoms with Gasteiger partial charge in [-0.2, -0.15) is 0 Å². The third-order valence-electron chi connectivity index (χ3n) is 8.85. The molecule has 1 fully saturated rings. The maximum Gasteiger partial charge on any atom is 0.327 e. The average molecular weight is 535 g/mol. The van der Waals surface area contributed by atoms with Crippen molar-refractivity contribution in [2.24, 2.45) is 10.8 Å². The second kappa shape index (κ2) is 19.4. The van der Waals surface area contributed by atoms with Crippen molar-refractivity contribution in [2.75, 3.05) is 39.5 Å². The van der Waals surface area contributed by atoms with Crippen LogP contribution in [0.15, 0.2) is 25.3 Å². The van der Waals surface area contributed by atoms with Gasteiger partial charge in [-0.05, 0) is 82.0 Å². The number of aliphatic hydroxyl groups excluding tert-OH is 1. The van der Waals surface area contributed by atoms with E-state index in [1.54, 1.807) is 4.90 Å². The summed E-state index contributed by atoms with van der Waals surface area (Å²) >= 11 is 0. The third-order valence-corrected chi connectivity index (χ3v) is 8.85. The molecule has 0 aliphatic carbocycles. The van der Waals surface area contributed by atoms with Gasteiger partial charge in [0.2, 0.25) is 5.91 Å². The molecule has 0 aromatic carbocycles. The van der Waals surface area contributed by atoms with Gasteiger partial charge in [-0.25, -0.2) is 4.79 Å². The molecule has 1 N–H and O–H groups in total. The lowest BCUT2D eigenvalue weighted by Gasteiger charge is -2.30. The fraction of sp³-hybridized carbons (Fsp3) is 0.812. The molecule has 1 aliphatic rings. The summed E-state index contributed by atoms with van der Waals surface area (Å²) in [6, 6.07) is -0.136. The van der Waals surface area contributed by atoms with Gasteiger partial charge in [0, 0.05) is 32.9 Å². The number of allylic oxidation sites excluding steroid dienone is 2. The molecule has 6 heteroatoms. The topological polar surface area (TPSA) is 70.1 Å². The quantitative estimate of drug-likeness (QED) is 0.0747. The van der Waals surface area contributed by atoms with Crippen LogP contribution in [0.1, 0.15) is 117 Å². The molecule has 1 aliphatic heterocycles. The monoisotopic (exact) mass is 534 g/mol. The highest BCUT2D eigenvalue weighted by Crippen LogP contribution is 2.37. The summed E-state index contributed by atoms with van der Waals surface area (Å²) in [6.07, 6.45) is 20.4. The fourth-order valence-electron chi connectivity index (χ4n) is 5.69. The number of unbranched alkanes of at least 4 members (excludes halogenated alkanes) is 5. The number of carbonyl (C=O) groups is 2. The van der Waals surface area contributed by atoms with Crippen LogP contribution in [0.4, 0.5) is 4.79 Å². The molecule has 1 rings (SSSR count). The molecule has 220 valence electrons. The predicted molar refractivity (Wildman–Crippen MR) is 158 cm³/mol. The molecule has 0 spiro atoms. The number of aliphatic hydroxyl groups is 1. The Bertz CT molecular complexity index is 697. The van der Waals surface area contributed by atoms with Crippen molar-refractivity contribution in [1.82, 2.24) is 9.80 Å². The van der Waals surface area contributed by atoms with E-state index in [0.29, 0.717) is 19.7 Å². The molecule has 2 unspecified atom stereocenters. The Balaban J connectivity index is 2.22. The molecule has 0 saturated carbocycles. The van der Waals surface area contributed by atoms with E-state index in [4.69, 9.17) is 9.84 Å². The van der Waals surface area contributed by atoms with Crippen LogP contribution < -0.4 is 0 Å². The number of rotatable bonds is 25. The van der Waals surface area contributed by atoms with Crippen LogP contribution in [0.2, 0.25) is 0 Å². The second-order valence-corrected chi connectivity index (χ2v) is 11.2. The van der Waals surface area contributed by atoms with E-state index in [1.807, 2.05) is 6.92 Å². The van der Waals surface area contributed by atoms with Gasteiger partial charge < -0.3 is 14.7 Å². The molecular formula is C32H58N2O4. The summed E-state index contributed by atoms with van der Waals surface area (Å²) in [6.45, 7) is 17.9. The van der Waals surface area contributed by atoms with E-state index in [-0.39, 0.29) is 29.3 Å². The highest BCUT2D eigenvalue weighted by molar-refractivity contribution is 6.01. The van der Waals surface area contributed by atoms with Gasteiger partial charge in [-0.15, -0.1) is 13.2 Å². The van der Waals surface area contributed by atoms with Gasteiger partial charge in [0.15, 0.2) is 0 Å². The Labute approximate surface area is 233 Å². The highest BCUT2D eigenvalue weighted by Gasteiger charge is 2.34. The number of urea groups is 1. The molecule has 2 atom stereocenters. The molecule has 0 radical (unpaired) electrons. The van der Waals surface area contributed by atoms with Crippen molar-refractivity contribution >= 4 is 11.9 Å². The number of likely N-dealkylation sites (N-methyl/N-ethyl adjacent to an activating group) is 1. The van der Waals surface area contributed by atoms with Gasteiger partial charge in [0.1, 0.15) is 6.54 Å². The number of amides is 3. The van der Waals surface area contributed by atoms with Crippen molar-refractivity contribution in [3.05, 3.63) is 25.3 Å². The Morgan fingerprint density at radius 3 is 1.71 bits per heavy atom. The Morgan fingerprint density at radius 1 is 0.789 bits per heavy atom. The van der Waals surface area contributed by atoms with Crippen LogP contribution in [-0.2, 0) is 9.53 Å². The van der Waals surface area contributed by atoms with Crippen LogP contribution >= 0.6 is 0 Å². The van der Waals surface area contributed by atoms with Crippen LogP contribution in [0.3, 0.4) is 0 Å². The minimum Gasteiger partial charge on any atom is -0.396 e. The number of carbonyl (C=O) groups excluding carboxylic acids is 2. The van der Waals surface area contributed by atoms with E-state index in [9.17, 15) is 9.59 Å². The van der Waals surface area contributed by atoms with Gasteiger partial charge >= 0.3 is 6.03 Å². The maximum absolute atomic E-state index is 12.3. The first-order valence-electron chi connectivity index (χ1n) is 15.4. The van der Waals surface area contributed by atoms with Gasteiger partial charge in [-0.1, -0.05) is 58.1 Å². The van der Waals surface area contributed by atoms with E-state index < -0.39 is 0 Å². The first-order valence-corrected chi connectivity index (χ1v) is 15.4. The van der Waals surface area contributed by atoms with E-state index in [2.05, 4.69) is 39.2 Å². The minimum absolute atomic E-state index is 0.0676. The fourth-order valence-corrected chi connectivity index (χ4v) is 5.69. The van der Waals surface area contributed by atoms with Crippen LogP contribution in [0.25, 0.3) is 0 Å². The van der Waals surface area contributed by atoms with E-state index in [0.717, 1.165) is 90.3 Å². The number of hydrogen-bond donors (Lipinski definition) is 1. The smallest absolute Gasteiger partial charge is 0.327 e. The molecule has 38 heavy (non-hydrogen) atoms. The second-order valence-electron chi connectivity index (χ2n) is 11.2. The Kier molecular flexibility index (Phi) is 17.6. The molecule has 0 aromatic heterocycles. The standard InChI is InChI=1S/C32H58N2O4/c1-6-31(7-2,20-12-11-17-25-35)22-14-18-26-38-27-19-15-23-32(8-3,9-4)21-13-16-24-34-29(36)28-33(10-5)30(34)37/h6,8,35H,1,3,7,9-28H2,2,4-5H3. The predicted octanol–water partition coefficient (Wildman–Crippen LogP) is 7.52. The zero-order valence-electron chi connectivity index (χ0n) is 25.0. The number of ether oxygens (including phenoxy) is 1. The molecular weight excluding hydrogens is 476 g/mol. The lowest BCUT2D eigenvalue weighted by molar-refractivity contribution is -0.125. The van der Waals surface area contributed by atoms with Crippen LogP contribution in [0.5, 0.6) is 0 Å². The zero-order chi connectivity index (χ0) is 28.3. The summed E-state index contributed by atoms with van der Waals surface area (Å²) in [5.74, 6) is -0.0676. The Morgan fingerprint density at radius 2 is 1.29 bits per heavy atom. The van der Waals surface area contributed by atoms with Gasteiger partial charge in [-0.3, -0.25) is 9.69 Å². The summed E-state index contributed by atoms with van der Waals surface area (Å²) in [4.78, 5) is 27.4. The van der Waals surface area contributed by atoms with Crippen molar-refractivity contribution in [3.8, 4) is 0 Å². The van der Waals surface area contributed by atoms with Gasteiger partial charge in [0.25, 0.3) is 0 Å². The molecule has 0 bridgehead atoms. The van der Waals surface area contributed by atoms with Crippen LogP contribution in [-0.4, -0.2) is 66.3 Å². The summed E-state index contributed by atoms with van der Waals surface area (Å²) in [5.41, 5.74) is 0.360. The van der Waals surface area contributed by atoms with Crippen molar-refractivity contribution < 1.29 is 19.4 Å². The van der Waals surface area contributed by atoms with E-state index in [1.165, 1.54) is 24.2 Å². The van der Waals surface area contributed by atoms with Crippen LogP contribution in [0, 0.1) is 10.8 Å². The third kappa shape index (κ3) is 11.6. The summed E-state index contributed by atoms with van der Waals surface area (Å²) in [7, 11) is 0. The zero-order valence-corrected chi connectivity index (χ0v) is 25.0. The first-order chi connectivity index (χ1) is 18.4. The number of imide groups is 1. The highest BCUT2D eigenvalue weighted by atomic mass is 16.5.